The molecule has 12 heteroatoms. The van der Waals surface area contributed by atoms with Crippen LogP contribution >= 0.6 is 23.2 Å². The number of halogens is 2. The topological polar surface area (TPSA) is 130 Å². The second-order valence-corrected chi connectivity index (χ2v) is 9.12. The number of carbonyl (C=O) groups excluding carboxylic acids is 3. The Labute approximate surface area is 187 Å². The lowest BCUT2D eigenvalue weighted by Gasteiger charge is -2.21. The summed E-state index contributed by atoms with van der Waals surface area (Å²) in [5.41, 5.74) is 0.326. The minimum atomic E-state index is -4.29. The van der Waals surface area contributed by atoms with Gasteiger partial charge >= 0.3 is 5.97 Å². The zero-order chi connectivity index (χ0) is 22.9. The summed E-state index contributed by atoms with van der Waals surface area (Å²) in [7, 11) is -4.29. The maximum atomic E-state index is 12.6. The number of sulfonamides is 1. The predicted molar refractivity (Wildman–Crippen MR) is 110 cm³/mol. The number of aliphatic hydroxyl groups excluding tert-OH is 1. The van der Waals surface area contributed by atoms with Crippen molar-refractivity contribution in [2.75, 3.05) is 6.73 Å². The Kier molecular flexibility index (Phi) is 6.68. The number of imide groups is 1. The van der Waals surface area contributed by atoms with Gasteiger partial charge in [-0.1, -0.05) is 35.3 Å². The molecule has 2 amide bonds. The van der Waals surface area contributed by atoms with E-state index in [0.717, 1.165) is 6.07 Å². The Balaban J connectivity index is 1.72. The van der Waals surface area contributed by atoms with Crippen molar-refractivity contribution in [1.29, 1.82) is 0 Å². The second kappa shape index (κ2) is 8.93. The summed E-state index contributed by atoms with van der Waals surface area (Å²) in [6.45, 7) is 0.425. The van der Waals surface area contributed by atoms with Gasteiger partial charge < -0.3 is 9.84 Å². The van der Waals surface area contributed by atoms with E-state index in [0.29, 0.717) is 4.90 Å². The Morgan fingerprint density at radius 2 is 1.68 bits per heavy atom. The van der Waals surface area contributed by atoms with Crippen LogP contribution in [0.25, 0.3) is 0 Å². The van der Waals surface area contributed by atoms with Gasteiger partial charge in [0.05, 0.1) is 32.2 Å². The molecule has 0 aromatic heterocycles. The number of esters is 1. The number of ether oxygens (including phenoxy) is 1. The van der Waals surface area contributed by atoms with Crippen molar-refractivity contribution < 1.29 is 32.6 Å². The van der Waals surface area contributed by atoms with Crippen LogP contribution in [-0.4, -0.2) is 55.1 Å². The SMILES string of the molecule is C[C@H](O)[C@H](NS(=O)(=O)c1ccc(Cl)c(Cl)c1)C(=O)OCN1C(=O)c2ccccc2C1=O. The number of aliphatic hydroxyl groups is 1. The number of hydrogen-bond donors (Lipinski definition) is 2. The molecule has 9 nitrogen and oxygen atoms in total. The van der Waals surface area contributed by atoms with E-state index < -0.39 is 46.7 Å². The molecule has 1 heterocycles. The van der Waals surface area contributed by atoms with Crippen LogP contribution in [0.4, 0.5) is 0 Å². The summed E-state index contributed by atoms with van der Waals surface area (Å²) < 4.78 is 32.1. The lowest BCUT2D eigenvalue weighted by molar-refractivity contribution is -0.150. The zero-order valence-corrected chi connectivity index (χ0v) is 18.2. The third-order valence-corrected chi connectivity index (χ3v) is 6.61. The summed E-state index contributed by atoms with van der Waals surface area (Å²) in [6.07, 6.45) is -1.49. The first-order valence-corrected chi connectivity index (χ1v) is 11.0. The zero-order valence-electron chi connectivity index (χ0n) is 15.9. The molecule has 0 spiro atoms. The van der Waals surface area contributed by atoms with Crippen molar-refractivity contribution in [2.24, 2.45) is 0 Å². The molecule has 164 valence electrons. The fourth-order valence-corrected chi connectivity index (χ4v) is 4.44. The largest absolute Gasteiger partial charge is 0.442 e. The molecule has 0 unspecified atom stereocenters. The van der Waals surface area contributed by atoms with E-state index in [1.807, 2.05) is 4.72 Å². The molecule has 2 aromatic carbocycles. The maximum absolute atomic E-state index is 12.6. The highest BCUT2D eigenvalue weighted by molar-refractivity contribution is 7.89. The monoisotopic (exact) mass is 486 g/mol. The minimum absolute atomic E-state index is 0.0219. The number of carbonyl (C=O) groups is 3. The van der Waals surface area contributed by atoms with Crippen LogP contribution in [0.2, 0.25) is 10.0 Å². The minimum Gasteiger partial charge on any atom is -0.442 e. The highest BCUT2D eigenvalue weighted by Gasteiger charge is 2.37. The van der Waals surface area contributed by atoms with Crippen LogP contribution in [0.5, 0.6) is 0 Å². The third-order valence-electron chi connectivity index (χ3n) is 4.43. The third kappa shape index (κ3) is 4.73. The van der Waals surface area contributed by atoms with Crippen LogP contribution in [0.1, 0.15) is 27.6 Å². The Morgan fingerprint density at radius 3 is 2.19 bits per heavy atom. The van der Waals surface area contributed by atoms with Gasteiger partial charge in [0.2, 0.25) is 10.0 Å². The van der Waals surface area contributed by atoms with Gasteiger partial charge in [-0.05, 0) is 37.3 Å². The van der Waals surface area contributed by atoms with Crippen molar-refractivity contribution >= 4 is 51.0 Å². The number of nitrogens with one attached hydrogen (secondary N) is 1. The fraction of sp³-hybridized carbons (Fsp3) is 0.211. The van der Waals surface area contributed by atoms with Gasteiger partial charge in [-0.15, -0.1) is 0 Å². The van der Waals surface area contributed by atoms with Crippen molar-refractivity contribution in [3.8, 4) is 0 Å². The van der Waals surface area contributed by atoms with E-state index in [1.165, 1.54) is 31.2 Å². The molecule has 0 bridgehead atoms. The van der Waals surface area contributed by atoms with Gasteiger partial charge in [-0.2, -0.15) is 4.72 Å². The van der Waals surface area contributed by atoms with Crippen molar-refractivity contribution in [2.45, 2.75) is 24.0 Å². The highest BCUT2D eigenvalue weighted by atomic mass is 35.5. The smallest absolute Gasteiger partial charge is 0.328 e. The summed E-state index contributed by atoms with van der Waals surface area (Å²) in [4.78, 5) is 37.5. The van der Waals surface area contributed by atoms with E-state index in [4.69, 9.17) is 27.9 Å². The van der Waals surface area contributed by atoms with Crippen LogP contribution < -0.4 is 4.72 Å². The Morgan fingerprint density at radius 1 is 1.10 bits per heavy atom. The molecular formula is C19H16Cl2N2O7S. The molecule has 2 atom stereocenters. The molecule has 1 aliphatic rings. The maximum Gasteiger partial charge on any atom is 0.328 e. The second-order valence-electron chi connectivity index (χ2n) is 6.59. The molecule has 1 aliphatic heterocycles. The van der Waals surface area contributed by atoms with Gasteiger partial charge in [-0.3, -0.25) is 14.4 Å². The van der Waals surface area contributed by atoms with Crippen LogP contribution in [0.15, 0.2) is 47.4 Å². The van der Waals surface area contributed by atoms with Crippen molar-refractivity contribution in [1.82, 2.24) is 9.62 Å². The van der Waals surface area contributed by atoms with E-state index in [2.05, 4.69) is 0 Å². The average molecular weight is 487 g/mol. The summed E-state index contributed by atoms with van der Waals surface area (Å²) in [5.74, 6) is -2.49. The molecule has 2 aromatic rings. The molecule has 2 N–H and O–H groups in total. The molecule has 31 heavy (non-hydrogen) atoms. The standard InChI is InChI=1S/C19H16Cl2N2O7S/c1-10(24)16(22-31(28,29)11-6-7-14(20)15(21)8-11)19(27)30-9-23-17(25)12-4-2-3-5-13(12)18(23)26/h2-8,10,16,22,24H,9H2,1H3/t10-,16-/m0/s1. The number of nitrogens with zero attached hydrogens (tertiary/aromatic N) is 1. The number of benzene rings is 2. The van der Waals surface area contributed by atoms with Gasteiger partial charge in [0.25, 0.3) is 11.8 Å². The molecule has 3 rings (SSSR count). The van der Waals surface area contributed by atoms with Gasteiger partial charge in [-0.25, -0.2) is 13.3 Å². The van der Waals surface area contributed by atoms with Crippen molar-refractivity contribution in [3.63, 3.8) is 0 Å². The summed E-state index contributed by atoms with van der Waals surface area (Å²) in [6, 6.07) is 7.88. The lowest BCUT2D eigenvalue weighted by Crippen LogP contribution is -2.49. The molecule has 0 radical (unpaired) electrons. The van der Waals surface area contributed by atoms with Crippen LogP contribution in [0.3, 0.4) is 0 Å². The summed E-state index contributed by atoms with van der Waals surface area (Å²) in [5, 5.41) is 10.0. The molecule has 0 saturated heterocycles. The van der Waals surface area contributed by atoms with Crippen LogP contribution in [0, 0.1) is 0 Å². The average Bonchev–Trinajstić information content (AvgIpc) is 2.96. The molecule has 0 fully saturated rings. The van der Waals surface area contributed by atoms with Gasteiger partial charge in [0, 0.05) is 0 Å². The Bertz CT molecular complexity index is 1130. The first kappa shape index (κ1) is 23.2. The predicted octanol–water partition coefficient (Wildman–Crippen LogP) is 1.82. The first-order chi connectivity index (χ1) is 14.5. The number of hydrogen-bond acceptors (Lipinski definition) is 7. The van der Waals surface area contributed by atoms with E-state index in [9.17, 15) is 27.9 Å². The van der Waals surface area contributed by atoms with E-state index in [-0.39, 0.29) is 26.1 Å². The Hall–Kier alpha value is -2.50. The molecule has 0 saturated carbocycles. The normalized spacial score (nSPS) is 15.5. The van der Waals surface area contributed by atoms with Crippen molar-refractivity contribution in [3.05, 3.63) is 63.6 Å². The lowest BCUT2D eigenvalue weighted by atomic mass is 10.1. The number of amides is 2. The molecule has 0 aliphatic carbocycles. The highest BCUT2D eigenvalue weighted by Crippen LogP contribution is 2.25. The summed E-state index contributed by atoms with van der Waals surface area (Å²) >= 11 is 11.6. The van der Waals surface area contributed by atoms with Gasteiger partial charge in [0.15, 0.2) is 6.73 Å². The quantitative estimate of drug-likeness (QED) is 0.450. The van der Waals surface area contributed by atoms with E-state index in [1.54, 1.807) is 12.1 Å². The molecular weight excluding hydrogens is 471 g/mol. The number of fused-ring (bicyclic) bond motifs is 1. The fourth-order valence-electron chi connectivity index (χ4n) is 2.80. The van der Waals surface area contributed by atoms with Gasteiger partial charge in [0.1, 0.15) is 6.04 Å². The first-order valence-electron chi connectivity index (χ1n) is 8.80. The van der Waals surface area contributed by atoms with E-state index >= 15 is 0 Å². The van der Waals surface area contributed by atoms with Crippen LogP contribution in [-0.2, 0) is 19.6 Å². The number of rotatable bonds is 7.